The van der Waals surface area contributed by atoms with E-state index in [1.807, 2.05) is 18.2 Å². The van der Waals surface area contributed by atoms with E-state index in [9.17, 15) is 0 Å². The van der Waals surface area contributed by atoms with E-state index in [0.717, 1.165) is 21.3 Å². The lowest BCUT2D eigenvalue weighted by Crippen LogP contribution is -1.92. The van der Waals surface area contributed by atoms with Crippen LogP contribution in [0.5, 0.6) is 0 Å². The third-order valence-corrected chi connectivity index (χ3v) is 3.90. The highest BCUT2D eigenvalue weighted by atomic mass is 79.9. The molecule has 0 amide bonds. The molecule has 2 aromatic heterocycles. The highest BCUT2D eigenvalue weighted by Crippen LogP contribution is 2.32. The number of halogens is 1. The van der Waals surface area contributed by atoms with E-state index in [4.69, 9.17) is 4.42 Å². The first-order chi connectivity index (χ1) is 9.34. The summed E-state index contributed by atoms with van der Waals surface area (Å²) in [6, 6.07) is 18.6. The van der Waals surface area contributed by atoms with Crippen molar-refractivity contribution in [2.75, 3.05) is 0 Å². The maximum atomic E-state index is 5.67. The summed E-state index contributed by atoms with van der Waals surface area (Å²) in [5.74, 6) is 0. The molecule has 0 saturated carbocycles. The Morgan fingerprint density at radius 3 is 2.47 bits per heavy atom. The van der Waals surface area contributed by atoms with E-state index in [-0.39, 0.29) is 0 Å². The molecule has 2 heterocycles. The van der Waals surface area contributed by atoms with Gasteiger partial charge < -0.3 is 4.42 Å². The van der Waals surface area contributed by atoms with Crippen LogP contribution in [0.4, 0.5) is 0 Å². The number of hydrogen-bond donors (Lipinski definition) is 0. The van der Waals surface area contributed by atoms with Gasteiger partial charge in [-0.2, -0.15) is 0 Å². The number of para-hydroxylation sites is 1. The predicted molar refractivity (Wildman–Crippen MR) is 80.7 cm³/mol. The zero-order chi connectivity index (χ0) is 12.8. The second kappa shape index (κ2) is 4.00. The molecule has 0 fully saturated rings. The van der Waals surface area contributed by atoms with E-state index in [0.29, 0.717) is 0 Å². The average Bonchev–Trinajstić information content (AvgIpc) is 3.00. The third-order valence-electron chi connectivity index (χ3n) is 3.37. The Morgan fingerprint density at radius 1 is 0.842 bits per heavy atom. The van der Waals surface area contributed by atoms with Gasteiger partial charge in [-0.15, -0.1) is 0 Å². The Bertz CT molecular complexity index is 871. The molecular weight excluding hydrogens is 302 g/mol. The summed E-state index contributed by atoms with van der Waals surface area (Å²) in [5.41, 5.74) is 3.16. The van der Waals surface area contributed by atoms with Crippen LogP contribution in [0.25, 0.3) is 27.7 Å². The average molecular weight is 312 g/mol. The van der Waals surface area contributed by atoms with Crippen molar-refractivity contribution in [1.82, 2.24) is 4.57 Å². The van der Waals surface area contributed by atoms with Gasteiger partial charge in [0.2, 0.25) is 5.71 Å². The van der Waals surface area contributed by atoms with Gasteiger partial charge in [0.05, 0.1) is 11.8 Å². The van der Waals surface area contributed by atoms with Crippen molar-refractivity contribution < 1.29 is 4.42 Å². The summed E-state index contributed by atoms with van der Waals surface area (Å²) in [4.78, 5) is 0. The molecule has 19 heavy (non-hydrogen) atoms. The lowest BCUT2D eigenvalue weighted by Gasteiger charge is -2.05. The summed E-state index contributed by atoms with van der Waals surface area (Å²) in [6.07, 6.45) is 1.74. The van der Waals surface area contributed by atoms with Gasteiger partial charge in [-0.3, -0.25) is 4.57 Å². The molecule has 0 saturated heterocycles. The summed E-state index contributed by atoms with van der Waals surface area (Å²) in [7, 11) is 0. The lowest BCUT2D eigenvalue weighted by molar-refractivity contribution is 0.596. The minimum absolute atomic E-state index is 0.892. The molecule has 2 aromatic carbocycles. The number of benzene rings is 2. The smallest absolute Gasteiger partial charge is 0.212 e. The minimum Gasteiger partial charge on any atom is -0.447 e. The first-order valence-corrected chi connectivity index (χ1v) is 6.86. The normalized spacial score (nSPS) is 11.4. The Morgan fingerprint density at radius 2 is 1.63 bits per heavy atom. The second-order valence-electron chi connectivity index (χ2n) is 4.47. The van der Waals surface area contributed by atoms with Crippen LogP contribution in [0.3, 0.4) is 0 Å². The topological polar surface area (TPSA) is 18.1 Å². The van der Waals surface area contributed by atoms with Crippen molar-refractivity contribution in [3.05, 3.63) is 65.3 Å². The second-order valence-corrected chi connectivity index (χ2v) is 5.38. The summed E-state index contributed by atoms with van der Waals surface area (Å²) in [5, 5.41) is 2.37. The first kappa shape index (κ1) is 10.9. The SMILES string of the molecule is Brc1ccc(-n2c3ccccc3c3ccoc32)cc1. The zero-order valence-corrected chi connectivity index (χ0v) is 11.6. The van der Waals surface area contributed by atoms with Crippen molar-refractivity contribution >= 4 is 37.9 Å². The molecule has 0 radical (unpaired) electrons. The maximum absolute atomic E-state index is 5.67. The molecule has 3 heteroatoms. The van der Waals surface area contributed by atoms with Crippen molar-refractivity contribution in [3.63, 3.8) is 0 Å². The highest BCUT2D eigenvalue weighted by molar-refractivity contribution is 9.10. The van der Waals surface area contributed by atoms with Crippen LogP contribution >= 0.6 is 15.9 Å². The Labute approximate surface area is 118 Å². The molecule has 0 unspecified atom stereocenters. The number of furan rings is 1. The number of fused-ring (bicyclic) bond motifs is 3. The minimum atomic E-state index is 0.892. The Hall–Kier alpha value is -2.00. The van der Waals surface area contributed by atoms with Gasteiger partial charge in [-0.05, 0) is 36.4 Å². The van der Waals surface area contributed by atoms with Crippen molar-refractivity contribution in [2.24, 2.45) is 0 Å². The van der Waals surface area contributed by atoms with Gasteiger partial charge in [0.25, 0.3) is 0 Å². The number of hydrogen-bond acceptors (Lipinski definition) is 1. The quantitative estimate of drug-likeness (QED) is 0.476. The van der Waals surface area contributed by atoms with Crippen LogP contribution in [0.15, 0.2) is 69.8 Å². The standard InChI is InChI=1S/C16H10BrNO/c17-11-5-7-12(8-6-11)18-15-4-2-1-3-13(15)14-9-10-19-16(14)18/h1-10H. The fourth-order valence-corrected chi connectivity index (χ4v) is 2.80. The third kappa shape index (κ3) is 1.55. The fraction of sp³-hybridized carbons (Fsp3) is 0. The summed E-state index contributed by atoms with van der Waals surface area (Å²) >= 11 is 3.47. The van der Waals surface area contributed by atoms with Gasteiger partial charge in [0.15, 0.2) is 0 Å². The van der Waals surface area contributed by atoms with Gasteiger partial charge in [0, 0.05) is 20.9 Å². The highest BCUT2D eigenvalue weighted by Gasteiger charge is 2.13. The molecule has 92 valence electrons. The van der Waals surface area contributed by atoms with Crippen LogP contribution in [-0.4, -0.2) is 4.57 Å². The Kier molecular flexibility index (Phi) is 2.29. The van der Waals surface area contributed by atoms with E-state index in [1.165, 1.54) is 10.9 Å². The molecule has 0 spiro atoms. The number of rotatable bonds is 1. The molecule has 0 aliphatic carbocycles. The van der Waals surface area contributed by atoms with E-state index < -0.39 is 0 Å². The van der Waals surface area contributed by atoms with Crippen LogP contribution in [-0.2, 0) is 0 Å². The summed E-state index contributed by atoms with van der Waals surface area (Å²) in [6.45, 7) is 0. The molecule has 2 nitrogen and oxygen atoms in total. The van der Waals surface area contributed by atoms with Crippen molar-refractivity contribution in [3.8, 4) is 5.69 Å². The molecule has 4 rings (SSSR count). The van der Waals surface area contributed by atoms with Crippen LogP contribution in [0.2, 0.25) is 0 Å². The maximum Gasteiger partial charge on any atom is 0.212 e. The predicted octanol–water partition coefficient (Wildman–Crippen LogP) is 5.14. The van der Waals surface area contributed by atoms with Crippen molar-refractivity contribution in [2.45, 2.75) is 0 Å². The van der Waals surface area contributed by atoms with Crippen LogP contribution in [0, 0.1) is 0 Å². The number of nitrogens with zero attached hydrogens (tertiary/aromatic N) is 1. The van der Waals surface area contributed by atoms with E-state index in [1.54, 1.807) is 6.26 Å². The molecule has 0 atom stereocenters. The molecule has 4 aromatic rings. The fourth-order valence-electron chi connectivity index (χ4n) is 2.53. The summed E-state index contributed by atoms with van der Waals surface area (Å²) < 4.78 is 8.89. The largest absolute Gasteiger partial charge is 0.447 e. The van der Waals surface area contributed by atoms with Crippen molar-refractivity contribution in [1.29, 1.82) is 0 Å². The monoisotopic (exact) mass is 311 g/mol. The lowest BCUT2D eigenvalue weighted by atomic mass is 10.2. The first-order valence-electron chi connectivity index (χ1n) is 6.07. The number of aromatic nitrogens is 1. The molecule has 0 N–H and O–H groups in total. The molecular formula is C16H10BrNO. The molecule has 0 aliphatic rings. The van der Waals surface area contributed by atoms with Gasteiger partial charge >= 0.3 is 0 Å². The van der Waals surface area contributed by atoms with Gasteiger partial charge in [-0.25, -0.2) is 0 Å². The molecule has 0 aliphatic heterocycles. The van der Waals surface area contributed by atoms with E-state index >= 15 is 0 Å². The van der Waals surface area contributed by atoms with Crippen LogP contribution in [0.1, 0.15) is 0 Å². The van der Waals surface area contributed by atoms with Gasteiger partial charge in [0.1, 0.15) is 0 Å². The molecule has 0 bridgehead atoms. The van der Waals surface area contributed by atoms with E-state index in [2.05, 4.69) is 56.9 Å². The van der Waals surface area contributed by atoms with Gasteiger partial charge in [-0.1, -0.05) is 34.1 Å². The Balaban J connectivity index is 2.15. The zero-order valence-electron chi connectivity index (χ0n) is 10.0. The van der Waals surface area contributed by atoms with Crippen LogP contribution < -0.4 is 0 Å².